The minimum Gasteiger partial charge on any atom is -0.350 e. The molecule has 6 heteroatoms. The van der Waals surface area contributed by atoms with Crippen LogP contribution in [0.25, 0.3) is 11.0 Å². The number of fused-ring (bicyclic) bond motifs is 1. The van der Waals surface area contributed by atoms with E-state index in [0.717, 1.165) is 23.0 Å². The molecule has 0 aliphatic heterocycles. The summed E-state index contributed by atoms with van der Waals surface area (Å²) in [6.45, 7) is 2.48. The standard InChI is InChI=1S/C26H26N4O2/c1-19(21-10-7-16-27-18-21)28-25(31)14-13-23-26(32)30(17-15-20-8-3-2-4-9-20)24-12-6-5-11-22(24)29-23/h2-12,16,18-19H,13-15,17H2,1H3,(H,28,31). The van der Waals surface area contributed by atoms with Crippen LogP contribution in [0.15, 0.2) is 83.9 Å². The molecule has 2 aromatic carbocycles. The summed E-state index contributed by atoms with van der Waals surface area (Å²) >= 11 is 0. The van der Waals surface area contributed by atoms with E-state index in [1.807, 2.05) is 61.5 Å². The van der Waals surface area contributed by atoms with Crippen LogP contribution in [0.5, 0.6) is 0 Å². The van der Waals surface area contributed by atoms with Crippen molar-refractivity contribution in [1.29, 1.82) is 0 Å². The van der Waals surface area contributed by atoms with Crippen molar-refractivity contribution in [1.82, 2.24) is 19.9 Å². The van der Waals surface area contributed by atoms with E-state index in [9.17, 15) is 9.59 Å². The molecule has 1 N–H and O–H groups in total. The molecule has 0 spiro atoms. The molecule has 1 unspecified atom stereocenters. The third kappa shape index (κ3) is 5.09. The van der Waals surface area contributed by atoms with Gasteiger partial charge in [0.05, 0.1) is 17.1 Å². The summed E-state index contributed by atoms with van der Waals surface area (Å²) in [5, 5.41) is 2.97. The van der Waals surface area contributed by atoms with E-state index in [0.29, 0.717) is 18.7 Å². The summed E-state index contributed by atoms with van der Waals surface area (Å²) in [7, 11) is 0. The van der Waals surface area contributed by atoms with Gasteiger partial charge in [0, 0.05) is 31.8 Å². The van der Waals surface area contributed by atoms with Crippen LogP contribution in [-0.4, -0.2) is 20.4 Å². The van der Waals surface area contributed by atoms with Crippen molar-refractivity contribution >= 4 is 16.9 Å². The first kappa shape index (κ1) is 21.4. The van der Waals surface area contributed by atoms with Crippen LogP contribution in [0.4, 0.5) is 0 Å². The number of carbonyl (C=O) groups excluding carboxylic acids is 1. The van der Waals surface area contributed by atoms with Crippen molar-refractivity contribution in [3.63, 3.8) is 0 Å². The van der Waals surface area contributed by atoms with E-state index in [4.69, 9.17) is 0 Å². The Balaban J connectivity index is 1.50. The fourth-order valence-electron chi connectivity index (χ4n) is 3.78. The highest BCUT2D eigenvalue weighted by molar-refractivity contribution is 5.77. The van der Waals surface area contributed by atoms with E-state index in [1.54, 1.807) is 17.0 Å². The number of aryl methyl sites for hydroxylation is 3. The summed E-state index contributed by atoms with van der Waals surface area (Å²) in [4.78, 5) is 34.4. The highest BCUT2D eigenvalue weighted by Gasteiger charge is 2.14. The molecule has 162 valence electrons. The van der Waals surface area contributed by atoms with Crippen LogP contribution < -0.4 is 10.9 Å². The molecule has 2 aromatic heterocycles. The summed E-state index contributed by atoms with van der Waals surface area (Å²) in [6, 6.07) is 21.4. The van der Waals surface area contributed by atoms with Crippen molar-refractivity contribution in [2.24, 2.45) is 0 Å². The number of carbonyl (C=O) groups is 1. The topological polar surface area (TPSA) is 76.9 Å². The predicted molar refractivity (Wildman–Crippen MR) is 125 cm³/mol. The first-order valence-electron chi connectivity index (χ1n) is 10.8. The largest absolute Gasteiger partial charge is 0.350 e. The van der Waals surface area contributed by atoms with Crippen LogP contribution in [0.3, 0.4) is 0 Å². The summed E-state index contributed by atoms with van der Waals surface area (Å²) in [6.07, 6.45) is 4.68. The molecule has 1 atom stereocenters. The van der Waals surface area contributed by atoms with Crippen molar-refractivity contribution in [2.75, 3.05) is 0 Å². The van der Waals surface area contributed by atoms with Gasteiger partial charge in [0.1, 0.15) is 5.69 Å². The van der Waals surface area contributed by atoms with Gasteiger partial charge in [0.25, 0.3) is 5.56 Å². The molecule has 0 bridgehead atoms. The van der Waals surface area contributed by atoms with Gasteiger partial charge < -0.3 is 9.88 Å². The number of hydrogen-bond acceptors (Lipinski definition) is 4. The zero-order valence-electron chi connectivity index (χ0n) is 18.1. The molecule has 0 aliphatic carbocycles. The minimum absolute atomic E-state index is 0.119. The highest BCUT2D eigenvalue weighted by Crippen LogP contribution is 2.13. The number of aromatic nitrogens is 3. The van der Waals surface area contributed by atoms with Gasteiger partial charge in [-0.05, 0) is 42.7 Å². The number of amides is 1. The third-order valence-electron chi connectivity index (χ3n) is 5.54. The van der Waals surface area contributed by atoms with E-state index in [1.165, 1.54) is 5.56 Å². The smallest absolute Gasteiger partial charge is 0.272 e. The van der Waals surface area contributed by atoms with Crippen molar-refractivity contribution < 1.29 is 4.79 Å². The molecule has 0 saturated heterocycles. The molecule has 0 radical (unpaired) electrons. The Morgan fingerprint density at radius 2 is 1.78 bits per heavy atom. The minimum atomic E-state index is -0.150. The molecular weight excluding hydrogens is 400 g/mol. The van der Waals surface area contributed by atoms with E-state index >= 15 is 0 Å². The molecule has 0 saturated carbocycles. The maximum absolute atomic E-state index is 13.2. The number of para-hydroxylation sites is 2. The number of rotatable bonds is 8. The average molecular weight is 427 g/mol. The summed E-state index contributed by atoms with van der Waals surface area (Å²) < 4.78 is 1.78. The van der Waals surface area contributed by atoms with Gasteiger partial charge >= 0.3 is 0 Å². The Morgan fingerprint density at radius 3 is 2.56 bits per heavy atom. The van der Waals surface area contributed by atoms with Gasteiger partial charge in [-0.25, -0.2) is 4.98 Å². The zero-order chi connectivity index (χ0) is 22.3. The van der Waals surface area contributed by atoms with Crippen molar-refractivity contribution in [3.05, 3.63) is 106 Å². The van der Waals surface area contributed by atoms with Crippen LogP contribution in [-0.2, 0) is 24.2 Å². The second-order valence-corrected chi connectivity index (χ2v) is 7.82. The number of nitrogens with zero attached hydrogens (tertiary/aromatic N) is 3. The molecule has 4 rings (SSSR count). The normalized spacial score (nSPS) is 11.9. The number of benzene rings is 2. The lowest BCUT2D eigenvalue weighted by Gasteiger charge is -2.14. The highest BCUT2D eigenvalue weighted by atomic mass is 16.1. The van der Waals surface area contributed by atoms with Gasteiger partial charge in [-0.2, -0.15) is 0 Å². The van der Waals surface area contributed by atoms with Gasteiger partial charge in [-0.3, -0.25) is 14.6 Å². The number of pyridine rings is 1. The number of nitrogens with one attached hydrogen (secondary N) is 1. The predicted octanol–water partition coefficient (Wildman–Crippen LogP) is 3.84. The number of hydrogen-bond donors (Lipinski definition) is 1. The van der Waals surface area contributed by atoms with Crippen LogP contribution in [0.2, 0.25) is 0 Å². The Morgan fingerprint density at radius 1 is 1.00 bits per heavy atom. The van der Waals surface area contributed by atoms with Gasteiger partial charge in [-0.15, -0.1) is 0 Å². The lowest BCUT2D eigenvalue weighted by Crippen LogP contribution is -2.30. The van der Waals surface area contributed by atoms with Crippen molar-refractivity contribution in [2.45, 2.75) is 38.8 Å². The summed E-state index contributed by atoms with van der Waals surface area (Å²) in [5.74, 6) is -0.119. The van der Waals surface area contributed by atoms with E-state index in [2.05, 4.69) is 27.4 Å². The molecule has 6 nitrogen and oxygen atoms in total. The fraction of sp³-hybridized carbons (Fsp3) is 0.231. The van der Waals surface area contributed by atoms with Crippen LogP contribution >= 0.6 is 0 Å². The summed E-state index contributed by atoms with van der Waals surface area (Å²) in [5.41, 5.74) is 3.97. The lowest BCUT2D eigenvalue weighted by atomic mass is 10.1. The van der Waals surface area contributed by atoms with Crippen LogP contribution in [0, 0.1) is 0 Å². The SMILES string of the molecule is CC(NC(=O)CCc1nc2ccccc2n(CCc2ccccc2)c1=O)c1cccnc1. The molecule has 32 heavy (non-hydrogen) atoms. The zero-order valence-corrected chi connectivity index (χ0v) is 18.1. The molecule has 1 amide bonds. The molecule has 0 fully saturated rings. The second-order valence-electron chi connectivity index (χ2n) is 7.82. The van der Waals surface area contributed by atoms with E-state index in [-0.39, 0.29) is 23.9 Å². The Bertz CT molecular complexity index is 1250. The quantitative estimate of drug-likeness (QED) is 0.464. The maximum Gasteiger partial charge on any atom is 0.272 e. The van der Waals surface area contributed by atoms with Gasteiger partial charge in [0.2, 0.25) is 5.91 Å². The monoisotopic (exact) mass is 426 g/mol. The molecule has 2 heterocycles. The average Bonchev–Trinajstić information content (AvgIpc) is 2.83. The Hall–Kier alpha value is -3.80. The molecular formula is C26H26N4O2. The maximum atomic E-state index is 13.2. The third-order valence-corrected chi connectivity index (χ3v) is 5.54. The Labute approximate surface area is 187 Å². The lowest BCUT2D eigenvalue weighted by molar-refractivity contribution is -0.121. The van der Waals surface area contributed by atoms with Crippen LogP contribution in [0.1, 0.15) is 36.2 Å². The van der Waals surface area contributed by atoms with Gasteiger partial charge in [-0.1, -0.05) is 48.5 Å². The first-order valence-corrected chi connectivity index (χ1v) is 10.8. The van der Waals surface area contributed by atoms with Gasteiger partial charge in [0.15, 0.2) is 0 Å². The molecule has 4 aromatic rings. The van der Waals surface area contributed by atoms with Crippen molar-refractivity contribution in [3.8, 4) is 0 Å². The fourth-order valence-corrected chi connectivity index (χ4v) is 3.78. The second kappa shape index (κ2) is 10.0. The first-order chi connectivity index (χ1) is 15.6. The molecule has 0 aliphatic rings. The van der Waals surface area contributed by atoms with E-state index < -0.39 is 0 Å². The Kier molecular flexibility index (Phi) is 6.70.